The zero-order valence-electron chi connectivity index (χ0n) is 22.9. The molecule has 11 nitrogen and oxygen atoms in total. The molecule has 0 saturated carbocycles. The van der Waals surface area contributed by atoms with E-state index >= 15 is 4.39 Å². The molecular formula is C28H28ClFN6O5S2. The molecule has 0 unspecified atom stereocenters. The van der Waals surface area contributed by atoms with Gasteiger partial charge in [-0.3, -0.25) is 14.2 Å². The third kappa shape index (κ3) is 6.82. The van der Waals surface area contributed by atoms with Gasteiger partial charge in [0.15, 0.2) is 0 Å². The van der Waals surface area contributed by atoms with Crippen molar-refractivity contribution in [1.82, 2.24) is 19.5 Å². The van der Waals surface area contributed by atoms with E-state index in [1.54, 1.807) is 25.2 Å². The summed E-state index contributed by atoms with van der Waals surface area (Å²) < 4.78 is 43.1. The first-order valence-corrected chi connectivity index (χ1v) is 16.0. The number of nitrogens with one attached hydrogen (secondary N) is 4. The molecular weight excluding hydrogens is 619 g/mol. The summed E-state index contributed by atoms with van der Waals surface area (Å²) in [5.74, 6) is -1.30. The van der Waals surface area contributed by atoms with Crippen LogP contribution in [0.15, 0.2) is 63.7 Å². The molecule has 4 aromatic rings. The van der Waals surface area contributed by atoms with Crippen molar-refractivity contribution in [2.45, 2.75) is 17.1 Å². The maximum atomic E-state index is 15.4. The Bertz CT molecular complexity index is 1870. The average Bonchev–Trinajstić information content (AvgIpc) is 3.65. The highest BCUT2D eigenvalue weighted by Gasteiger charge is 2.21. The fourth-order valence-corrected chi connectivity index (χ4v) is 7.23. The summed E-state index contributed by atoms with van der Waals surface area (Å²) in [5, 5.41) is 8.80. The van der Waals surface area contributed by atoms with E-state index in [-0.39, 0.29) is 30.9 Å². The van der Waals surface area contributed by atoms with Crippen LogP contribution in [-0.2, 0) is 10.0 Å². The van der Waals surface area contributed by atoms with Gasteiger partial charge in [0.25, 0.3) is 21.5 Å². The van der Waals surface area contributed by atoms with Gasteiger partial charge in [0.1, 0.15) is 10.0 Å². The Kier molecular flexibility index (Phi) is 9.01. The molecule has 43 heavy (non-hydrogen) atoms. The van der Waals surface area contributed by atoms with Crippen molar-refractivity contribution in [3.63, 3.8) is 0 Å². The molecule has 226 valence electrons. The summed E-state index contributed by atoms with van der Waals surface area (Å²) in [7, 11) is -2.47. The quantitative estimate of drug-likeness (QED) is 0.213. The zero-order chi connectivity index (χ0) is 30.7. The molecule has 0 atom stereocenters. The second-order valence-electron chi connectivity index (χ2n) is 9.82. The standard InChI is InChI=1S/C28H28ClFN6O5S2/c1-31-17-4-6-19-20(14-17)21(26(37)32-10-13-35-11-2-3-12-35)16-36(27(19)38)23-7-5-18(15-22(23)30)33-28(39)34-43(40,41)25-9-8-24(29)42-25/h4-9,14-16,31H,2-3,10-13H2,1H3,(H,32,37)(H2,33,34,39). The minimum atomic E-state index is -4.19. The second kappa shape index (κ2) is 12.7. The molecule has 0 radical (unpaired) electrons. The number of urea groups is 1. The van der Waals surface area contributed by atoms with Crippen LogP contribution in [0.3, 0.4) is 0 Å². The molecule has 15 heteroatoms. The predicted molar refractivity (Wildman–Crippen MR) is 166 cm³/mol. The van der Waals surface area contributed by atoms with Crippen LogP contribution in [0, 0.1) is 5.82 Å². The van der Waals surface area contributed by atoms with Gasteiger partial charge in [0.05, 0.1) is 15.6 Å². The molecule has 0 aliphatic carbocycles. The van der Waals surface area contributed by atoms with Crippen LogP contribution in [0.1, 0.15) is 23.2 Å². The van der Waals surface area contributed by atoms with Crippen LogP contribution in [0.5, 0.6) is 0 Å². The normalized spacial score (nSPS) is 13.7. The summed E-state index contributed by atoms with van der Waals surface area (Å²) in [6, 6.07) is 9.96. The number of amides is 3. The average molecular weight is 647 g/mol. The highest BCUT2D eigenvalue weighted by Crippen LogP contribution is 2.26. The van der Waals surface area contributed by atoms with Gasteiger partial charge in [-0.05, 0) is 74.5 Å². The Morgan fingerprint density at radius 2 is 1.77 bits per heavy atom. The number of hydrogen-bond donors (Lipinski definition) is 4. The summed E-state index contributed by atoms with van der Waals surface area (Å²) in [4.78, 5) is 41.4. The number of pyridine rings is 1. The SMILES string of the molecule is CNc1ccc2c(=O)n(-c3ccc(NC(=O)NS(=O)(=O)c4ccc(Cl)s4)cc3F)cc(C(=O)NCCN3CCCC3)c2c1. The van der Waals surface area contributed by atoms with E-state index in [4.69, 9.17) is 11.6 Å². The molecule has 0 spiro atoms. The number of sulfonamides is 1. The summed E-state index contributed by atoms with van der Waals surface area (Å²) >= 11 is 6.55. The molecule has 3 heterocycles. The molecule has 1 saturated heterocycles. The number of hydrogen-bond acceptors (Lipinski definition) is 8. The van der Waals surface area contributed by atoms with Crippen molar-refractivity contribution < 1.29 is 22.4 Å². The number of thiophene rings is 1. The molecule has 2 aromatic heterocycles. The first kappa shape index (κ1) is 30.5. The lowest BCUT2D eigenvalue weighted by atomic mass is 10.1. The lowest BCUT2D eigenvalue weighted by Crippen LogP contribution is -2.34. The van der Waals surface area contributed by atoms with E-state index in [0.29, 0.717) is 24.2 Å². The number of fused-ring (bicyclic) bond motifs is 1. The number of rotatable bonds is 9. The van der Waals surface area contributed by atoms with E-state index in [9.17, 15) is 22.8 Å². The Morgan fingerprint density at radius 3 is 2.44 bits per heavy atom. The number of carbonyl (C=O) groups excluding carboxylic acids is 2. The highest BCUT2D eigenvalue weighted by molar-refractivity contribution is 7.92. The molecule has 5 rings (SSSR count). The van der Waals surface area contributed by atoms with Gasteiger partial charge >= 0.3 is 6.03 Å². The lowest BCUT2D eigenvalue weighted by molar-refractivity contribution is 0.0950. The van der Waals surface area contributed by atoms with Gasteiger partial charge in [-0.15, -0.1) is 11.3 Å². The highest BCUT2D eigenvalue weighted by atomic mass is 35.5. The molecule has 1 aliphatic rings. The van der Waals surface area contributed by atoms with Crippen molar-refractivity contribution in [2.24, 2.45) is 0 Å². The van der Waals surface area contributed by atoms with Crippen molar-refractivity contribution in [3.05, 3.63) is 80.8 Å². The number of nitrogens with zero attached hydrogens (tertiary/aromatic N) is 2. The van der Waals surface area contributed by atoms with Crippen LogP contribution >= 0.6 is 22.9 Å². The van der Waals surface area contributed by atoms with Crippen LogP contribution in [0.2, 0.25) is 4.34 Å². The molecule has 4 N–H and O–H groups in total. The lowest BCUT2D eigenvalue weighted by Gasteiger charge is -2.17. The van der Waals surface area contributed by atoms with Crippen molar-refractivity contribution in [2.75, 3.05) is 43.9 Å². The fraction of sp³-hybridized carbons (Fsp3) is 0.250. The van der Waals surface area contributed by atoms with E-state index in [0.717, 1.165) is 47.9 Å². The van der Waals surface area contributed by atoms with Crippen molar-refractivity contribution in [3.8, 4) is 5.69 Å². The van der Waals surface area contributed by atoms with Crippen LogP contribution in [-0.4, -0.2) is 63.0 Å². The molecule has 1 aliphatic heterocycles. The van der Waals surface area contributed by atoms with Crippen LogP contribution in [0.25, 0.3) is 16.5 Å². The van der Waals surface area contributed by atoms with E-state index in [1.165, 1.54) is 30.5 Å². The topological polar surface area (TPSA) is 142 Å². The Morgan fingerprint density at radius 1 is 1.02 bits per heavy atom. The third-order valence-corrected chi connectivity index (χ3v) is 10.0. The number of likely N-dealkylation sites (tertiary alicyclic amines) is 1. The minimum absolute atomic E-state index is 0.0643. The summed E-state index contributed by atoms with van der Waals surface area (Å²) in [6.07, 6.45) is 3.56. The Balaban J connectivity index is 1.41. The maximum Gasteiger partial charge on any atom is 0.333 e. The van der Waals surface area contributed by atoms with Crippen molar-refractivity contribution >= 4 is 67.0 Å². The van der Waals surface area contributed by atoms with Gasteiger partial charge < -0.3 is 20.9 Å². The maximum absolute atomic E-state index is 15.4. The Hall–Kier alpha value is -3.98. The number of halogens is 2. The first-order chi connectivity index (χ1) is 20.6. The van der Waals surface area contributed by atoms with Gasteiger partial charge in [0, 0.05) is 48.5 Å². The van der Waals surface area contributed by atoms with Gasteiger partial charge in [-0.25, -0.2) is 22.3 Å². The molecule has 2 aromatic carbocycles. The third-order valence-electron chi connectivity index (χ3n) is 6.97. The number of carbonyl (C=O) groups is 2. The van der Waals surface area contributed by atoms with Gasteiger partial charge in [-0.1, -0.05) is 11.6 Å². The summed E-state index contributed by atoms with van der Waals surface area (Å²) in [6.45, 7) is 3.09. The van der Waals surface area contributed by atoms with Gasteiger partial charge in [0.2, 0.25) is 0 Å². The number of aromatic nitrogens is 1. The van der Waals surface area contributed by atoms with Gasteiger partial charge in [-0.2, -0.15) is 0 Å². The van der Waals surface area contributed by atoms with E-state index in [2.05, 4.69) is 20.9 Å². The monoisotopic (exact) mass is 646 g/mol. The number of anilines is 2. The zero-order valence-corrected chi connectivity index (χ0v) is 25.3. The van der Waals surface area contributed by atoms with Crippen LogP contribution in [0.4, 0.5) is 20.6 Å². The fourth-order valence-electron chi connectivity index (χ4n) is 4.84. The number of benzene rings is 2. The molecule has 1 fully saturated rings. The van der Waals surface area contributed by atoms with E-state index in [1.807, 2.05) is 4.72 Å². The largest absolute Gasteiger partial charge is 0.388 e. The molecule has 0 bridgehead atoms. The molecule has 3 amide bonds. The minimum Gasteiger partial charge on any atom is -0.388 e. The summed E-state index contributed by atoms with van der Waals surface area (Å²) in [5.41, 5.74) is 0.102. The van der Waals surface area contributed by atoms with Crippen LogP contribution < -0.4 is 26.2 Å². The predicted octanol–water partition coefficient (Wildman–Crippen LogP) is 4.22. The van der Waals surface area contributed by atoms with E-state index < -0.39 is 33.3 Å². The Labute approximate surface area is 255 Å². The van der Waals surface area contributed by atoms with Crippen molar-refractivity contribution in [1.29, 1.82) is 0 Å². The first-order valence-electron chi connectivity index (χ1n) is 13.3. The second-order valence-corrected chi connectivity index (χ2v) is 13.4. The smallest absolute Gasteiger partial charge is 0.333 e.